The van der Waals surface area contributed by atoms with E-state index in [2.05, 4.69) is 31.2 Å². The quantitative estimate of drug-likeness (QED) is 0.358. The lowest BCUT2D eigenvalue weighted by atomic mass is 10.0. The number of hydrogen-bond donors (Lipinski definition) is 4. The molecule has 0 unspecified atom stereocenters. The van der Waals surface area contributed by atoms with Crippen molar-refractivity contribution in [3.05, 3.63) is 48.6 Å². The van der Waals surface area contributed by atoms with Crippen LogP contribution in [0.1, 0.15) is 51.9 Å². The first-order valence-corrected chi connectivity index (χ1v) is 9.98. The van der Waals surface area contributed by atoms with Crippen LogP contribution in [0.5, 0.6) is 0 Å². The van der Waals surface area contributed by atoms with Crippen molar-refractivity contribution in [1.82, 2.24) is 0 Å². The number of ether oxygens (including phenoxy) is 1. The Morgan fingerprint density at radius 2 is 1.71 bits per heavy atom. The number of carboxylic acids is 1. The number of aliphatic hydroxyl groups is 3. The van der Waals surface area contributed by atoms with Crippen LogP contribution >= 0.6 is 0 Å². The lowest BCUT2D eigenvalue weighted by Crippen LogP contribution is -2.25. The third-order valence-corrected chi connectivity index (χ3v) is 4.46. The van der Waals surface area contributed by atoms with Crippen molar-refractivity contribution in [3.8, 4) is 0 Å². The molecule has 1 aliphatic heterocycles. The van der Waals surface area contributed by atoms with Gasteiger partial charge < -0.3 is 25.2 Å². The van der Waals surface area contributed by atoms with Gasteiger partial charge in [0.15, 0.2) is 0 Å². The minimum absolute atomic E-state index is 0.0872. The van der Waals surface area contributed by atoms with Crippen LogP contribution in [-0.4, -0.2) is 56.9 Å². The summed E-state index contributed by atoms with van der Waals surface area (Å²) in [5.41, 5.74) is 0. The van der Waals surface area contributed by atoms with E-state index in [1.54, 1.807) is 0 Å². The fraction of sp³-hybridized carbons (Fsp3) is 0.591. The standard InChI is InChI=1S/C22H34O6/c1-2-3-4-5-6-7-8-9-10-11-17(23)12-13-18(24)21-16-19(25)20(28-21)14-15-22(26)27/h3-4,6-7,9-10,12-13,17-21,23-25H,2,5,8,11,14-16H2,1H3,(H,26,27)/b4-3-,7-6-,10-9-,13-12+/t17-,18+,19+,20-,21-/m0/s1. The molecule has 6 heteroatoms. The summed E-state index contributed by atoms with van der Waals surface area (Å²) in [4.78, 5) is 10.6. The van der Waals surface area contributed by atoms with E-state index < -0.39 is 36.5 Å². The highest BCUT2D eigenvalue weighted by atomic mass is 16.5. The van der Waals surface area contributed by atoms with Crippen LogP contribution in [0.3, 0.4) is 0 Å². The van der Waals surface area contributed by atoms with Gasteiger partial charge in [-0.25, -0.2) is 0 Å². The molecule has 158 valence electrons. The van der Waals surface area contributed by atoms with E-state index in [1.165, 1.54) is 12.2 Å². The highest BCUT2D eigenvalue weighted by Gasteiger charge is 2.36. The number of aliphatic carboxylic acids is 1. The molecule has 1 heterocycles. The molecule has 1 fully saturated rings. The van der Waals surface area contributed by atoms with Gasteiger partial charge in [-0.05, 0) is 32.1 Å². The first-order chi connectivity index (χ1) is 13.4. The molecule has 4 N–H and O–H groups in total. The van der Waals surface area contributed by atoms with Crippen molar-refractivity contribution in [2.75, 3.05) is 0 Å². The third-order valence-electron chi connectivity index (χ3n) is 4.46. The second-order valence-electron chi connectivity index (χ2n) is 6.92. The van der Waals surface area contributed by atoms with Crippen LogP contribution < -0.4 is 0 Å². The van der Waals surface area contributed by atoms with Crippen molar-refractivity contribution in [2.24, 2.45) is 0 Å². The fourth-order valence-corrected chi connectivity index (χ4v) is 2.90. The average Bonchev–Trinajstić information content (AvgIpc) is 3.04. The monoisotopic (exact) mass is 394 g/mol. The molecular formula is C22H34O6. The van der Waals surface area contributed by atoms with E-state index in [0.29, 0.717) is 6.42 Å². The minimum atomic E-state index is -0.956. The van der Waals surface area contributed by atoms with E-state index in [9.17, 15) is 20.1 Å². The molecule has 28 heavy (non-hydrogen) atoms. The average molecular weight is 395 g/mol. The molecule has 0 saturated carbocycles. The summed E-state index contributed by atoms with van der Waals surface area (Å²) in [5, 5.41) is 38.7. The molecule has 5 atom stereocenters. The molecule has 0 spiro atoms. The Labute approximate surface area is 167 Å². The number of aliphatic hydroxyl groups excluding tert-OH is 3. The first kappa shape index (κ1) is 24.3. The molecule has 0 aromatic carbocycles. The summed E-state index contributed by atoms with van der Waals surface area (Å²) >= 11 is 0. The lowest BCUT2D eigenvalue weighted by Gasteiger charge is -2.16. The van der Waals surface area contributed by atoms with Gasteiger partial charge in [0.05, 0.1) is 30.5 Å². The van der Waals surface area contributed by atoms with Crippen molar-refractivity contribution in [3.63, 3.8) is 0 Å². The van der Waals surface area contributed by atoms with E-state index >= 15 is 0 Å². The van der Waals surface area contributed by atoms with Crippen LogP contribution in [0.4, 0.5) is 0 Å². The predicted molar refractivity (Wildman–Crippen MR) is 109 cm³/mol. The zero-order chi connectivity index (χ0) is 20.8. The summed E-state index contributed by atoms with van der Waals surface area (Å²) in [6.45, 7) is 2.10. The van der Waals surface area contributed by atoms with E-state index in [0.717, 1.165) is 19.3 Å². The van der Waals surface area contributed by atoms with Gasteiger partial charge in [-0.1, -0.05) is 55.5 Å². The second kappa shape index (κ2) is 14.3. The molecule has 1 rings (SSSR count). The van der Waals surface area contributed by atoms with Crippen LogP contribution in [0, 0.1) is 0 Å². The maximum atomic E-state index is 10.6. The smallest absolute Gasteiger partial charge is 0.303 e. The van der Waals surface area contributed by atoms with Crippen LogP contribution in [0.15, 0.2) is 48.6 Å². The fourth-order valence-electron chi connectivity index (χ4n) is 2.90. The summed E-state index contributed by atoms with van der Waals surface area (Å²) in [7, 11) is 0. The number of carboxylic acid groups (broad SMARTS) is 1. The van der Waals surface area contributed by atoms with E-state index in [-0.39, 0.29) is 19.3 Å². The molecule has 0 aromatic heterocycles. The van der Waals surface area contributed by atoms with Gasteiger partial charge in [-0.3, -0.25) is 4.79 Å². The molecule has 1 saturated heterocycles. The van der Waals surface area contributed by atoms with E-state index in [1.807, 2.05) is 12.2 Å². The van der Waals surface area contributed by atoms with Gasteiger partial charge in [0.2, 0.25) is 0 Å². The van der Waals surface area contributed by atoms with Crippen molar-refractivity contribution in [1.29, 1.82) is 0 Å². The molecule has 0 radical (unpaired) electrons. The zero-order valence-corrected chi connectivity index (χ0v) is 16.6. The number of allylic oxidation sites excluding steroid dienone is 5. The summed E-state index contributed by atoms with van der Waals surface area (Å²) in [6.07, 6.45) is 15.3. The first-order valence-electron chi connectivity index (χ1n) is 9.98. The SMILES string of the molecule is CC/C=C\C/C=C\C/C=C\C[C@H](O)/C=C/[C@@H](O)[C@@H]1C[C@@H](O)[C@H](CCC(=O)O)O1. The molecule has 0 bridgehead atoms. The highest BCUT2D eigenvalue weighted by molar-refractivity contribution is 5.66. The Morgan fingerprint density at radius 3 is 2.36 bits per heavy atom. The number of rotatable bonds is 13. The van der Waals surface area contributed by atoms with Gasteiger partial charge in [0.25, 0.3) is 0 Å². The maximum Gasteiger partial charge on any atom is 0.303 e. The lowest BCUT2D eigenvalue weighted by molar-refractivity contribution is -0.138. The van der Waals surface area contributed by atoms with Gasteiger partial charge >= 0.3 is 5.97 Å². The van der Waals surface area contributed by atoms with Crippen molar-refractivity contribution in [2.45, 2.75) is 82.4 Å². The van der Waals surface area contributed by atoms with Crippen LogP contribution in [0.2, 0.25) is 0 Å². The van der Waals surface area contributed by atoms with Crippen LogP contribution in [0.25, 0.3) is 0 Å². The molecular weight excluding hydrogens is 360 g/mol. The predicted octanol–water partition coefficient (Wildman–Crippen LogP) is 2.90. The van der Waals surface area contributed by atoms with E-state index in [4.69, 9.17) is 9.84 Å². The van der Waals surface area contributed by atoms with Gasteiger partial charge in [-0.15, -0.1) is 0 Å². The normalized spacial score (nSPS) is 25.5. The Hall–Kier alpha value is -1.73. The molecule has 0 aromatic rings. The largest absolute Gasteiger partial charge is 0.481 e. The highest BCUT2D eigenvalue weighted by Crippen LogP contribution is 2.26. The maximum absolute atomic E-state index is 10.6. The zero-order valence-electron chi connectivity index (χ0n) is 16.6. The summed E-state index contributed by atoms with van der Waals surface area (Å²) in [5.74, 6) is -0.945. The van der Waals surface area contributed by atoms with Crippen LogP contribution in [-0.2, 0) is 9.53 Å². The van der Waals surface area contributed by atoms with Crippen molar-refractivity contribution < 1.29 is 30.0 Å². The topological polar surface area (TPSA) is 107 Å². The minimum Gasteiger partial charge on any atom is -0.481 e. The van der Waals surface area contributed by atoms with Crippen molar-refractivity contribution >= 4 is 5.97 Å². The second-order valence-corrected chi connectivity index (χ2v) is 6.92. The molecule has 6 nitrogen and oxygen atoms in total. The Kier molecular flexibility index (Phi) is 12.4. The molecule has 1 aliphatic rings. The molecule has 0 aliphatic carbocycles. The number of hydrogen-bond acceptors (Lipinski definition) is 5. The number of carbonyl (C=O) groups is 1. The summed E-state index contributed by atoms with van der Waals surface area (Å²) in [6, 6.07) is 0. The van der Waals surface area contributed by atoms with Gasteiger partial charge in [0.1, 0.15) is 0 Å². The van der Waals surface area contributed by atoms with Gasteiger partial charge in [0, 0.05) is 12.8 Å². The Morgan fingerprint density at radius 1 is 1.07 bits per heavy atom. The molecule has 0 amide bonds. The third kappa shape index (κ3) is 10.6. The van der Waals surface area contributed by atoms with Gasteiger partial charge in [-0.2, -0.15) is 0 Å². The Bertz CT molecular complexity index is 551. The summed E-state index contributed by atoms with van der Waals surface area (Å²) < 4.78 is 5.56. The Balaban J connectivity index is 2.28.